The summed E-state index contributed by atoms with van der Waals surface area (Å²) in [5.74, 6) is 2.47. The van der Waals surface area contributed by atoms with E-state index >= 15 is 0 Å². The first-order chi connectivity index (χ1) is 13.6. The first kappa shape index (κ1) is 18.4. The number of rotatable bonds is 8. The Morgan fingerprint density at radius 2 is 2.11 bits per heavy atom. The van der Waals surface area contributed by atoms with E-state index < -0.39 is 0 Å². The lowest BCUT2D eigenvalue weighted by Gasteiger charge is -2.12. The summed E-state index contributed by atoms with van der Waals surface area (Å²) in [6.45, 7) is 4.04. The summed E-state index contributed by atoms with van der Waals surface area (Å²) in [5.41, 5.74) is 2.12. The van der Waals surface area contributed by atoms with E-state index in [9.17, 15) is 4.79 Å². The van der Waals surface area contributed by atoms with Crippen molar-refractivity contribution in [3.8, 4) is 0 Å². The zero-order valence-corrected chi connectivity index (χ0v) is 16.3. The molecule has 1 amide bonds. The van der Waals surface area contributed by atoms with Crippen molar-refractivity contribution < 1.29 is 9.32 Å². The Morgan fingerprint density at radius 3 is 2.86 bits per heavy atom. The molecule has 7 heteroatoms. The number of amides is 1. The van der Waals surface area contributed by atoms with Gasteiger partial charge in [-0.05, 0) is 38.7 Å². The van der Waals surface area contributed by atoms with Gasteiger partial charge >= 0.3 is 0 Å². The average molecular weight is 379 g/mol. The highest BCUT2D eigenvalue weighted by Gasteiger charge is 2.28. The highest BCUT2D eigenvalue weighted by atomic mass is 16.5. The van der Waals surface area contributed by atoms with Gasteiger partial charge in [0.25, 0.3) is 0 Å². The lowest BCUT2D eigenvalue weighted by atomic mass is 10.1. The highest BCUT2D eigenvalue weighted by Crippen LogP contribution is 2.38. The van der Waals surface area contributed by atoms with Crippen LogP contribution >= 0.6 is 0 Å². The van der Waals surface area contributed by atoms with Crippen LogP contribution in [0.4, 0.5) is 5.82 Å². The smallest absolute Gasteiger partial charge is 0.226 e. The van der Waals surface area contributed by atoms with Gasteiger partial charge in [0.15, 0.2) is 11.6 Å². The third kappa shape index (κ3) is 4.30. The SMILES string of the molecule is Cc1cn(C(C)c2ccccc2)nc1NC(=O)CCCc1nc(C2CC2)no1. The standard InChI is InChI=1S/C21H25N5O2/c1-14-13-26(15(2)16-7-4-3-5-8-16)24-20(14)22-18(27)9-6-10-19-23-21(25-28-19)17-11-12-17/h3-5,7-8,13,15,17H,6,9-12H2,1-2H3,(H,22,24,27). The van der Waals surface area contributed by atoms with Crippen LogP contribution < -0.4 is 5.32 Å². The maximum absolute atomic E-state index is 12.3. The van der Waals surface area contributed by atoms with Crippen LogP contribution in [0.2, 0.25) is 0 Å². The van der Waals surface area contributed by atoms with Crippen molar-refractivity contribution in [2.24, 2.45) is 0 Å². The summed E-state index contributed by atoms with van der Waals surface area (Å²) in [7, 11) is 0. The second kappa shape index (κ2) is 7.96. The molecule has 2 heterocycles. The predicted molar refractivity (Wildman–Crippen MR) is 105 cm³/mol. The Labute approximate surface area is 164 Å². The van der Waals surface area contributed by atoms with Gasteiger partial charge in [-0.1, -0.05) is 35.5 Å². The summed E-state index contributed by atoms with van der Waals surface area (Å²) in [6, 6.07) is 10.3. The van der Waals surface area contributed by atoms with Crippen molar-refractivity contribution in [2.75, 3.05) is 5.32 Å². The van der Waals surface area contributed by atoms with E-state index in [1.54, 1.807) is 0 Å². The van der Waals surface area contributed by atoms with Gasteiger partial charge in [-0.15, -0.1) is 0 Å². The highest BCUT2D eigenvalue weighted by molar-refractivity contribution is 5.90. The van der Waals surface area contributed by atoms with Gasteiger partial charge in [0.2, 0.25) is 11.8 Å². The molecule has 0 saturated heterocycles. The molecule has 4 rings (SSSR count). The number of nitrogens with one attached hydrogen (secondary N) is 1. The van der Waals surface area contributed by atoms with Crippen LogP contribution in [0, 0.1) is 6.92 Å². The molecule has 146 valence electrons. The van der Waals surface area contributed by atoms with E-state index in [1.807, 2.05) is 36.0 Å². The van der Waals surface area contributed by atoms with Gasteiger partial charge in [-0.2, -0.15) is 10.1 Å². The minimum atomic E-state index is -0.0531. The minimum absolute atomic E-state index is 0.0531. The second-order valence-electron chi connectivity index (χ2n) is 7.45. The summed E-state index contributed by atoms with van der Waals surface area (Å²) in [4.78, 5) is 16.7. The van der Waals surface area contributed by atoms with Crippen molar-refractivity contribution in [3.63, 3.8) is 0 Å². The van der Waals surface area contributed by atoms with Gasteiger partial charge in [0.05, 0.1) is 6.04 Å². The molecule has 28 heavy (non-hydrogen) atoms. The largest absolute Gasteiger partial charge is 0.339 e. The maximum atomic E-state index is 12.3. The molecule has 1 saturated carbocycles. The van der Waals surface area contributed by atoms with Gasteiger partial charge in [-0.3, -0.25) is 9.48 Å². The van der Waals surface area contributed by atoms with Crippen molar-refractivity contribution in [3.05, 3.63) is 59.4 Å². The Bertz CT molecular complexity index is 943. The van der Waals surface area contributed by atoms with Crippen LogP contribution in [-0.4, -0.2) is 25.8 Å². The number of carbonyl (C=O) groups is 1. The second-order valence-corrected chi connectivity index (χ2v) is 7.45. The van der Waals surface area contributed by atoms with E-state index in [4.69, 9.17) is 4.52 Å². The van der Waals surface area contributed by atoms with E-state index in [2.05, 4.69) is 39.6 Å². The number of hydrogen-bond donors (Lipinski definition) is 1. The third-order valence-electron chi connectivity index (χ3n) is 5.07. The zero-order chi connectivity index (χ0) is 19.5. The number of aryl methyl sites for hydroxylation is 2. The predicted octanol–water partition coefficient (Wildman–Crippen LogP) is 4.02. The van der Waals surface area contributed by atoms with Crippen molar-refractivity contribution in [2.45, 2.75) is 57.9 Å². The van der Waals surface area contributed by atoms with Crippen LogP contribution in [0.5, 0.6) is 0 Å². The number of hydrogen-bond acceptors (Lipinski definition) is 5. The molecular weight excluding hydrogens is 354 g/mol. The first-order valence-corrected chi connectivity index (χ1v) is 9.83. The topological polar surface area (TPSA) is 85.8 Å². The molecule has 1 aromatic carbocycles. The quantitative estimate of drug-likeness (QED) is 0.639. The van der Waals surface area contributed by atoms with Gasteiger partial charge < -0.3 is 9.84 Å². The molecule has 1 aliphatic carbocycles. The van der Waals surface area contributed by atoms with Crippen LogP contribution in [0.1, 0.15) is 67.4 Å². The van der Waals surface area contributed by atoms with Gasteiger partial charge in [-0.25, -0.2) is 0 Å². The molecule has 1 fully saturated rings. The monoisotopic (exact) mass is 379 g/mol. The fourth-order valence-electron chi connectivity index (χ4n) is 3.16. The molecular formula is C21H25N5O2. The molecule has 2 aromatic heterocycles. The summed E-state index contributed by atoms with van der Waals surface area (Å²) >= 11 is 0. The summed E-state index contributed by atoms with van der Waals surface area (Å²) in [5, 5.41) is 11.5. The minimum Gasteiger partial charge on any atom is -0.339 e. The van der Waals surface area contributed by atoms with Crippen molar-refractivity contribution in [1.82, 2.24) is 19.9 Å². The molecule has 3 aromatic rings. The lowest BCUT2D eigenvalue weighted by Crippen LogP contribution is -2.14. The van der Waals surface area contributed by atoms with E-state index in [-0.39, 0.29) is 11.9 Å². The number of carbonyl (C=O) groups excluding carboxylic acids is 1. The van der Waals surface area contributed by atoms with Crippen LogP contribution in [-0.2, 0) is 11.2 Å². The molecule has 0 aliphatic heterocycles. The van der Waals surface area contributed by atoms with E-state index in [1.165, 1.54) is 5.56 Å². The van der Waals surface area contributed by atoms with Gasteiger partial charge in [0.1, 0.15) is 0 Å². The Kier molecular flexibility index (Phi) is 5.23. The Balaban J connectivity index is 1.29. The van der Waals surface area contributed by atoms with Crippen molar-refractivity contribution in [1.29, 1.82) is 0 Å². The normalized spacial score (nSPS) is 14.8. The average Bonchev–Trinajstić information content (AvgIpc) is 3.34. The van der Waals surface area contributed by atoms with E-state index in [0.29, 0.717) is 36.9 Å². The van der Waals surface area contributed by atoms with Crippen LogP contribution in [0.25, 0.3) is 0 Å². The number of benzene rings is 1. The maximum Gasteiger partial charge on any atom is 0.226 e. The molecule has 7 nitrogen and oxygen atoms in total. The number of aromatic nitrogens is 4. The number of anilines is 1. The van der Waals surface area contributed by atoms with Crippen LogP contribution in [0.3, 0.4) is 0 Å². The Morgan fingerprint density at radius 1 is 1.32 bits per heavy atom. The molecule has 1 atom stereocenters. The fourth-order valence-corrected chi connectivity index (χ4v) is 3.16. The van der Waals surface area contributed by atoms with E-state index in [0.717, 1.165) is 24.2 Å². The molecule has 1 N–H and O–H groups in total. The Hall–Kier alpha value is -2.96. The van der Waals surface area contributed by atoms with Crippen LogP contribution in [0.15, 0.2) is 41.1 Å². The summed E-state index contributed by atoms with van der Waals surface area (Å²) in [6.07, 6.45) is 5.93. The number of nitrogens with zero attached hydrogens (tertiary/aromatic N) is 4. The molecule has 0 radical (unpaired) electrons. The van der Waals surface area contributed by atoms with Gasteiger partial charge in [0, 0.05) is 30.5 Å². The molecule has 1 aliphatic rings. The van der Waals surface area contributed by atoms with Crippen molar-refractivity contribution >= 4 is 11.7 Å². The molecule has 0 bridgehead atoms. The molecule has 0 spiro atoms. The zero-order valence-electron chi connectivity index (χ0n) is 16.3. The molecule has 1 unspecified atom stereocenters. The fraction of sp³-hybridized carbons (Fsp3) is 0.429. The summed E-state index contributed by atoms with van der Waals surface area (Å²) < 4.78 is 7.14. The first-order valence-electron chi connectivity index (χ1n) is 9.83. The third-order valence-corrected chi connectivity index (χ3v) is 5.07. The lowest BCUT2D eigenvalue weighted by molar-refractivity contribution is -0.116.